The van der Waals surface area contributed by atoms with Gasteiger partial charge in [0.1, 0.15) is 5.84 Å². The topological polar surface area (TPSA) is 24.4 Å². The van der Waals surface area contributed by atoms with Crippen molar-refractivity contribution >= 4 is 17.2 Å². The van der Waals surface area contributed by atoms with Crippen LogP contribution < -0.4 is 5.32 Å². The summed E-state index contributed by atoms with van der Waals surface area (Å²) in [6.45, 7) is 3.96. The lowest BCUT2D eigenvalue weighted by molar-refractivity contribution is 0.732. The van der Waals surface area contributed by atoms with E-state index in [-0.39, 0.29) is 0 Å². The van der Waals surface area contributed by atoms with Gasteiger partial charge in [-0.1, -0.05) is 19.1 Å². The summed E-state index contributed by atoms with van der Waals surface area (Å²) in [5.74, 6) is 1.63. The van der Waals surface area contributed by atoms with Gasteiger partial charge in [0.05, 0.1) is 6.54 Å². The highest BCUT2D eigenvalue weighted by molar-refractivity contribution is 7.07. The molecule has 15 heavy (non-hydrogen) atoms. The molecule has 1 N–H and O–H groups in total. The van der Waals surface area contributed by atoms with E-state index < -0.39 is 0 Å². The molecule has 1 atom stereocenters. The molecule has 0 spiro atoms. The van der Waals surface area contributed by atoms with Crippen molar-refractivity contribution in [3.63, 3.8) is 0 Å². The van der Waals surface area contributed by atoms with E-state index in [0.717, 1.165) is 25.3 Å². The van der Waals surface area contributed by atoms with Crippen LogP contribution in [0.2, 0.25) is 0 Å². The Hall–Kier alpha value is -1.09. The Balaban J connectivity index is 1.95. The Labute approximate surface area is 94.7 Å². The van der Waals surface area contributed by atoms with Gasteiger partial charge in [-0.25, -0.2) is 0 Å². The second-order valence-corrected chi connectivity index (χ2v) is 4.60. The quantitative estimate of drug-likeness (QED) is 0.778. The van der Waals surface area contributed by atoms with Crippen molar-refractivity contribution in [1.82, 2.24) is 5.32 Å². The molecule has 0 bridgehead atoms. The molecule has 0 amide bonds. The van der Waals surface area contributed by atoms with Gasteiger partial charge in [-0.3, -0.25) is 4.99 Å². The predicted molar refractivity (Wildman–Crippen MR) is 66.6 cm³/mol. The monoisotopic (exact) mass is 220 g/mol. The highest BCUT2D eigenvalue weighted by Gasteiger charge is 2.11. The van der Waals surface area contributed by atoms with E-state index in [1.54, 1.807) is 11.3 Å². The second kappa shape index (κ2) is 5.12. The fourth-order valence-electron chi connectivity index (χ4n) is 1.72. The minimum atomic E-state index is 0.486. The zero-order valence-corrected chi connectivity index (χ0v) is 9.76. The van der Waals surface area contributed by atoms with E-state index in [2.05, 4.69) is 46.2 Å². The zero-order chi connectivity index (χ0) is 10.5. The van der Waals surface area contributed by atoms with Crippen LogP contribution in [-0.2, 0) is 6.42 Å². The number of nitrogens with zero attached hydrogens (tertiary/aromatic N) is 1. The van der Waals surface area contributed by atoms with E-state index in [9.17, 15) is 0 Å². The maximum Gasteiger partial charge on any atom is 0.100 e. The first kappa shape index (κ1) is 10.4. The minimum Gasteiger partial charge on any atom is -0.370 e. The van der Waals surface area contributed by atoms with Crippen LogP contribution in [0.1, 0.15) is 12.5 Å². The van der Waals surface area contributed by atoms with Gasteiger partial charge in [0.25, 0.3) is 0 Å². The van der Waals surface area contributed by atoms with Crippen molar-refractivity contribution in [2.45, 2.75) is 13.3 Å². The summed E-state index contributed by atoms with van der Waals surface area (Å²) >= 11 is 1.76. The average molecular weight is 220 g/mol. The van der Waals surface area contributed by atoms with E-state index in [0.29, 0.717) is 5.92 Å². The molecule has 0 unspecified atom stereocenters. The van der Waals surface area contributed by atoms with E-state index in [1.165, 1.54) is 5.56 Å². The summed E-state index contributed by atoms with van der Waals surface area (Å²) in [6.07, 6.45) is 5.32. The van der Waals surface area contributed by atoms with E-state index >= 15 is 0 Å². The standard InChI is InChI=1S/C12H16N2S/c1-10(8-11-4-7-15-9-11)12-13-5-2-3-6-14-12/h2-4,7,9-10H,5-6,8H2,1H3,(H,13,14)/t10-/m0/s1. The average Bonchev–Trinajstić information content (AvgIpc) is 2.58. The Morgan fingerprint density at radius 2 is 2.47 bits per heavy atom. The van der Waals surface area contributed by atoms with Crippen molar-refractivity contribution in [1.29, 1.82) is 0 Å². The molecular formula is C12H16N2S. The van der Waals surface area contributed by atoms with Crippen LogP contribution in [0, 0.1) is 5.92 Å². The van der Waals surface area contributed by atoms with Crippen LogP contribution in [0.3, 0.4) is 0 Å². The summed E-state index contributed by atoms with van der Waals surface area (Å²) in [5.41, 5.74) is 1.41. The number of amidine groups is 1. The lowest BCUT2D eigenvalue weighted by Gasteiger charge is -2.14. The van der Waals surface area contributed by atoms with Gasteiger partial charge in [-0.05, 0) is 28.8 Å². The Morgan fingerprint density at radius 3 is 3.27 bits per heavy atom. The summed E-state index contributed by atoms with van der Waals surface area (Å²) in [4.78, 5) is 4.53. The molecule has 80 valence electrons. The Bertz CT molecular complexity index is 352. The van der Waals surface area contributed by atoms with Gasteiger partial charge < -0.3 is 5.32 Å². The molecule has 2 heterocycles. The van der Waals surface area contributed by atoms with Gasteiger partial charge in [-0.2, -0.15) is 11.3 Å². The Morgan fingerprint density at radius 1 is 1.53 bits per heavy atom. The van der Waals surface area contributed by atoms with Crippen LogP contribution in [-0.4, -0.2) is 18.9 Å². The summed E-state index contributed by atoms with van der Waals surface area (Å²) in [6, 6.07) is 2.19. The lowest BCUT2D eigenvalue weighted by Crippen LogP contribution is -2.30. The SMILES string of the molecule is C[C@@H](Cc1ccsc1)C1=NCC=CCN1. The third-order valence-corrected chi connectivity index (χ3v) is 3.26. The smallest absolute Gasteiger partial charge is 0.100 e. The third-order valence-electron chi connectivity index (χ3n) is 2.52. The lowest BCUT2D eigenvalue weighted by atomic mass is 10.0. The molecule has 0 saturated heterocycles. The second-order valence-electron chi connectivity index (χ2n) is 3.82. The molecule has 3 heteroatoms. The first-order valence-corrected chi connectivity index (χ1v) is 6.25. The summed E-state index contributed by atoms with van der Waals surface area (Å²) in [7, 11) is 0. The first-order valence-electron chi connectivity index (χ1n) is 5.30. The summed E-state index contributed by atoms with van der Waals surface area (Å²) in [5, 5.41) is 7.71. The van der Waals surface area contributed by atoms with Crippen molar-refractivity contribution < 1.29 is 0 Å². The van der Waals surface area contributed by atoms with Crippen molar-refractivity contribution in [2.24, 2.45) is 10.9 Å². The van der Waals surface area contributed by atoms with Gasteiger partial charge >= 0.3 is 0 Å². The molecule has 1 aromatic rings. The number of rotatable bonds is 3. The Kier molecular flexibility index (Phi) is 3.56. The molecule has 0 radical (unpaired) electrons. The number of hydrogen-bond acceptors (Lipinski definition) is 3. The number of nitrogens with one attached hydrogen (secondary N) is 1. The number of hydrogen-bond donors (Lipinski definition) is 1. The van der Waals surface area contributed by atoms with E-state index in [4.69, 9.17) is 0 Å². The molecule has 0 aliphatic carbocycles. The third kappa shape index (κ3) is 2.93. The molecule has 0 fully saturated rings. The summed E-state index contributed by atoms with van der Waals surface area (Å²) < 4.78 is 0. The highest BCUT2D eigenvalue weighted by Crippen LogP contribution is 2.13. The maximum absolute atomic E-state index is 4.53. The number of thiophene rings is 1. The predicted octanol–water partition coefficient (Wildman–Crippen LogP) is 2.48. The molecule has 2 nitrogen and oxygen atoms in total. The van der Waals surface area contributed by atoms with Crippen LogP contribution in [0.25, 0.3) is 0 Å². The molecule has 1 aromatic heterocycles. The first-order chi connectivity index (χ1) is 7.36. The van der Waals surface area contributed by atoms with Crippen molar-refractivity contribution in [2.75, 3.05) is 13.1 Å². The molecule has 0 saturated carbocycles. The maximum atomic E-state index is 4.53. The van der Waals surface area contributed by atoms with Crippen molar-refractivity contribution in [3.8, 4) is 0 Å². The van der Waals surface area contributed by atoms with Gasteiger partial charge in [0.2, 0.25) is 0 Å². The molecule has 2 rings (SSSR count). The molecular weight excluding hydrogens is 204 g/mol. The normalized spacial score (nSPS) is 17.8. The van der Waals surface area contributed by atoms with Gasteiger partial charge in [-0.15, -0.1) is 0 Å². The molecule has 1 aliphatic rings. The number of aliphatic imine (C=N–C) groups is 1. The van der Waals surface area contributed by atoms with Gasteiger partial charge in [0, 0.05) is 12.5 Å². The minimum absolute atomic E-state index is 0.486. The van der Waals surface area contributed by atoms with Gasteiger partial charge in [0.15, 0.2) is 0 Å². The van der Waals surface area contributed by atoms with Crippen LogP contribution in [0.15, 0.2) is 34.0 Å². The fourth-order valence-corrected chi connectivity index (χ4v) is 2.40. The van der Waals surface area contributed by atoms with E-state index in [1.807, 2.05) is 0 Å². The highest BCUT2D eigenvalue weighted by atomic mass is 32.1. The van der Waals surface area contributed by atoms with Crippen LogP contribution in [0.4, 0.5) is 0 Å². The zero-order valence-electron chi connectivity index (χ0n) is 8.94. The largest absolute Gasteiger partial charge is 0.370 e. The van der Waals surface area contributed by atoms with Crippen LogP contribution in [0.5, 0.6) is 0 Å². The fraction of sp³-hybridized carbons (Fsp3) is 0.417. The molecule has 0 aromatic carbocycles. The molecule has 1 aliphatic heterocycles. The van der Waals surface area contributed by atoms with Crippen LogP contribution >= 0.6 is 11.3 Å². The van der Waals surface area contributed by atoms with Crippen molar-refractivity contribution in [3.05, 3.63) is 34.5 Å².